The molecule has 1 aliphatic heterocycles. The van der Waals surface area contributed by atoms with E-state index in [0.29, 0.717) is 30.1 Å². The number of nitrogens with two attached hydrogens (primary N) is 1. The van der Waals surface area contributed by atoms with Gasteiger partial charge in [0.15, 0.2) is 0 Å². The Bertz CT molecular complexity index is 568. The zero-order chi connectivity index (χ0) is 16.1. The fraction of sp³-hybridized carbons (Fsp3) is 0.467. The molecular weight excluding hydrogens is 322 g/mol. The molecule has 1 aromatic rings. The molecule has 0 aliphatic carbocycles. The number of methoxy groups -OCH3 is 1. The van der Waals surface area contributed by atoms with E-state index in [-0.39, 0.29) is 30.3 Å². The van der Waals surface area contributed by atoms with E-state index in [1.54, 1.807) is 18.2 Å². The quantitative estimate of drug-likeness (QED) is 0.752. The van der Waals surface area contributed by atoms with Crippen molar-refractivity contribution in [2.24, 2.45) is 5.73 Å². The number of rotatable bonds is 5. The molecule has 0 spiro atoms. The standard InChI is InChI=1S/C15H21N3O4.ClH/c1-9(19)17-12-5-3-10(7-14(12)21-2)18-15(20)13-6-4-11(8-16)22-13;/h3,5,7,11,13H,4,6,8,16H2,1-2H3,(H,17,19)(H,18,20);1H/t11-,13+;/m1./s1. The Balaban J connectivity index is 0.00000264. The second kappa shape index (κ2) is 8.71. The smallest absolute Gasteiger partial charge is 0.253 e. The molecule has 0 saturated carbocycles. The number of carbonyl (C=O) groups excluding carboxylic acids is 2. The van der Waals surface area contributed by atoms with Gasteiger partial charge in [0, 0.05) is 25.2 Å². The molecular formula is C15H22ClN3O4. The maximum absolute atomic E-state index is 12.2. The van der Waals surface area contributed by atoms with E-state index in [2.05, 4.69) is 10.6 Å². The summed E-state index contributed by atoms with van der Waals surface area (Å²) in [5.74, 6) is 0.0766. The summed E-state index contributed by atoms with van der Waals surface area (Å²) in [6.45, 7) is 1.84. The maximum atomic E-state index is 12.2. The minimum Gasteiger partial charge on any atom is -0.494 e. The average molecular weight is 344 g/mol. The molecule has 1 heterocycles. The zero-order valence-corrected chi connectivity index (χ0v) is 13.9. The van der Waals surface area contributed by atoms with Gasteiger partial charge < -0.3 is 25.8 Å². The Morgan fingerprint density at radius 2 is 2.09 bits per heavy atom. The Hall–Kier alpha value is -1.83. The fourth-order valence-corrected chi connectivity index (χ4v) is 2.36. The number of nitrogens with one attached hydrogen (secondary N) is 2. The monoisotopic (exact) mass is 343 g/mol. The summed E-state index contributed by atoms with van der Waals surface area (Å²) in [7, 11) is 1.50. The normalized spacial score (nSPS) is 19.6. The molecule has 4 N–H and O–H groups in total. The highest BCUT2D eigenvalue weighted by Gasteiger charge is 2.29. The van der Waals surface area contributed by atoms with Crippen molar-refractivity contribution in [3.63, 3.8) is 0 Å². The molecule has 2 rings (SSSR count). The van der Waals surface area contributed by atoms with Gasteiger partial charge in [0.1, 0.15) is 11.9 Å². The van der Waals surface area contributed by atoms with Crippen LogP contribution in [0.15, 0.2) is 18.2 Å². The van der Waals surface area contributed by atoms with E-state index in [1.165, 1.54) is 14.0 Å². The highest BCUT2D eigenvalue weighted by atomic mass is 35.5. The molecule has 1 aromatic carbocycles. The van der Waals surface area contributed by atoms with Gasteiger partial charge in [-0.15, -0.1) is 12.4 Å². The van der Waals surface area contributed by atoms with Gasteiger partial charge in [-0.25, -0.2) is 0 Å². The van der Waals surface area contributed by atoms with Crippen molar-refractivity contribution in [2.75, 3.05) is 24.3 Å². The van der Waals surface area contributed by atoms with Crippen molar-refractivity contribution in [1.29, 1.82) is 0 Å². The third kappa shape index (κ3) is 5.09. The summed E-state index contributed by atoms with van der Waals surface area (Å²) in [4.78, 5) is 23.3. The molecule has 0 bridgehead atoms. The predicted octanol–water partition coefficient (Wildman–Crippen LogP) is 1.52. The van der Waals surface area contributed by atoms with Crippen molar-refractivity contribution in [1.82, 2.24) is 0 Å². The first-order valence-corrected chi connectivity index (χ1v) is 7.15. The van der Waals surface area contributed by atoms with Crippen LogP contribution in [0, 0.1) is 0 Å². The van der Waals surface area contributed by atoms with E-state index in [9.17, 15) is 9.59 Å². The number of carbonyl (C=O) groups is 2. The number of amides is 2. The van der Waals surface area contributed by atoms with E-state index in [4.69, 9.17) is 15.2 Å². The van der Waals surface area contributed by atoms with Crippen LogP contribution in [-0.2, 0) is 14.3 Å². The number of halogens is 1. The summed E-state index contributed by atoms with van der Waals surface area (Å²) in [5.41, 5.74) is 6.66. The summed E-state index contributed by atoms with van der Waals surface area (Å²) in [5, 5.41) is 5.44. The van der Waals surface area contributed by atoms with Crippen LogP contribution in [0.25, 0.3) is 0 Å². The molecule has 2 atom stereocenters. The van der Waals surface area contributed by atoms with Crippen LogP contribution in [0.5, 0.6) is 5.75 Å². The minimum atomic E-state index is -0.477. The lowest BCUT2D eigenvalue weighted by molar-refractivity contribution is -0.126. The molecule has 0 aromatic heterocycles. The first-order chi connectivity index (χ1) is 10.5. The van der Waals surface area contributed by atoms with Crippen LogP contribution in [0.3, 0.4) is 0 Å². The van der Waals surface area contributed by atoms with Crippen molar-refractivity contribution in [2.45, 2.75) is 32.0 Å². The van der Waals surface area contributed by atoms with Crippen LogP contribution in [0.4, 0.5) is 11.4 Å². The maximum Gasteiger partial charge on any atom is 0.253 e. The van der Waals surface area contributed by atoms with Gasteiger partial charge in [0.25, 0.3) is 5.91 Å². The number of benzene rings is 1. The van der Waals surface area contributed by atoms with Crippen LogP contribution < -0.4 is 21.1 Å². The van der Waals surface area contributed by atoms with Crippen molar-refractivity contribution >= 4 is 35.6 Å². The molecule has 1 fully saturated rings. The van der Waals surface area contributed by atoms with E-state index in [0.717, 1.165) is 6.42 Å². The largest absolute Gasteiger partial charge is 0.494 e. The SMILES string of the molecule is COc1cc(NC(=O)[C@@H]2CC[C@H](CN)O2)ccc1NC(C)=O.Cl. The van der Waals surface area contributed by atoms with Gasteiger partial charge in [-0.05, 0) is 25.0 Å². The highest BCUT2D eigenvalue weighted by Crippen LogP contribution is 2.28. The fourth-order valence-electron chi connectivity index (χ4n) is 2.36. The Morgan fingerprint density at radius 1 is 1.35 bits per heavy atom. The first-order valence-electron chi connectivity index (χ1n) is 7.15. The molecule has 0 radical (unpaired) electrons. The van der Waals surface area contributed by atoms with Crippen LogP contribution >= 0.6 is 12.4 Å². The molecule has 23 heavy (non-hydrogen) atoms. The summed E-state index contributed by atoms with van der Waals surface area (Å²) >= 11 is 0. The van der Waals surface area contributed by atoms with Crippen molar-refractivity contribution < 1.29 is 19.1 Å². The number of ether oxygens (including phenoxy) is 2. The van der Waals surface area contributed by atoms with Crippen LogP contribution in [0.2, 0.25) is 0 Å². The van der Waals surface area contributed by atoms with Gasteiger partial charge in [-0.3, -0.25) is 9.59 Å². The third-order valence-corrected chi connectivity index (χ3v) is 3.44. The van der Waals surface area contributed by atoms with Gasteiger partial charge in [-0.2, -0.15) is 0 Å². The summed E-state index contributed by atoms with van der Waals surface area (Å²) in [6, 6.07) is 5.02. The Kier molecular flexibility index (Phi) is 7.28. The summed E-state index contributed by atoms with van der Waals surface area (Å²) in [6.07, 6.45) is 0.927. The Labute approximate surface area is 141 Å². The van der Waals surface area contributed by atoms with Gasteiger partial charge in [0.05, 0.1) is 18.9 Å². The minimum absolute atomic E-state index is 0. The second-order valence-electron chi connectivity index (χ2n) is 5.15. The molecule has 1 aliphatic rings. The molecule has 128 valence electrons. The molecule has 8 heteroatoms. The number of anilines is 2. The summed E-state index contributed by atoms with van der Waals surface area (Å²) < 4.78 is 10.8. The lowest BCUT2D eigenvalue weighted by Gasteiger charge is -2.14. The molecule has 0 unspecified atom stereocenters. The topological polar surface area (TPSA) is 103 Å². The van der Waals surface area contributed by atoms with Gasteiger partial charge in [-0.1, -0.05) is 0 Å². The first kappa shape index (κ1) is 19.2. The van der Waals surface area contributed by atoms with Crippen LogP contribution in [-0.4, -0.2) is 37.7 Å². The number of hydrogen-bond acceptors (Lipinski definition) is 5. The molecule has 2 amide bonds. The van der Waals surface area contributed by atoms with E-state index in [1.807, 2.05) is 0 Å². The zero-order valence-electron chi connectivity index (χ0n) is 13.1. The Morgan fingerprint density at radius 3 is 2.65 bits per heavy atom. The van der Waals surface area contributed by atoms with Gasteiger partial charge >= 0.3 is 0 Å². The second-order valence-corrected chi connectivity index (χ2v) is 5.15. The number of hydrogen-bond donors (Lipinski definition) is 3. The lowest BCUT2D eigenvalue weighted by atomic mass is 10.2. The molecule has 7 nitrogen and oxygen atoms in total. The predicted molar refractivity (Wildman–Crippen MR) is 90.1 cm³/mol. The average Bonchev–Trinajstić information content (AvgIpc) is 2.97. The van der Waals surface area contributed by atoms with Crippen molar-refractivity contribution in [3.8, 4) is 5.75 Å². The molecule has 1 saturated heterocycles. The van der Waals surface area contributed by atoms with Gasteiger partial charge in [0.2, 0.25) is 5.91 Å². The lowest BCUT2D eigenvalue weighted by Crippen LogP contribution is -2.29. The van der Waals surface area contributed by atoms with Crippen molar-refractivity contribution in [3.05, 3.63) is 18.2 Å². The van der Waals surface area contributed by atoms with Crippen LogP contribution in [0.1, 0.15) is 19.8 Å². The third-order valence-electron chi connectivity index (χ3n) is 3.44. The van der Waals surface area contributed by atoms with E-state index >= 15 is 0 Å². The highest BCUT2D eigenvalue weighted by molar-refractivity contribution is 5.96. The van der Waals surface area contributed by atoms with E-state index < -0.39 is 6.10 Å².